The summed E-state index contributed by atoms with van der Waals surface area (Å²) in [6, 6.07) is 15.1. The number of hydrogen-bond donors (Lipinski definition) is 2. The largest absolute Gasteiger partial charge is 0.489 e. The van der Waals surface area contributed by atoms with Crippen molar-refractivity contribution in [3.63, 3.8) is 0 Å². The predicted molar refractivity (Wildman–Crippen MR) is 80.7 cm³/mol. The minimum Gasteiger partial charge on any atom is -0.489 e. The number of benzene rings is 2. The summed E-state index contributed by atoms with van der Waals surface area (Å²) < 4.78 is 5.68. The van der Waals surface area contributed by atoms with E-state index in [-0.39, 0.29) is 5.91 Å². The molecule has 0 aromatic heterocycles. The number of rotatable bonds is 5. The second kappa shape index (κ2) is 6.98. The topological polar surface area (TPSA) is 64.3 Å². The van der Waals surface area contributed by atoms with Crippen LogP contribution in [-0.2, 0) is 6.61 Å². The summed E-state index contributed by atoms with van der Waals surface area (Å²) in [6.07, 6.45) is 2.04. The first-order valence-corrected chi connectivity index (χ1v) is 7.32. The summed E-state index contributed by atoms with van der Waals surface area (Å²) in [5.41, 5.74) is 3.62. The van der Waals surface area contributed by atoms with Gasteiger partial charge in [-0.15, -0.1) is 11.8 Å². The number of hydrogen-bond acceptors (Lipinski definition) is 4. The number of ether oxygens (including phenoxy) is 1. The fourth-order valence-electron chi connectivity index (χ4n) is 1.67. The Bertz CT molecular complexity index is 567. The number of nitrogen functional groups attached to an aromatic ring is 1. The van der Waals surface area contributed by atoms with Gasteiger partial charge in [-0.2, -0.15) is 0 Å². The molecule has 0 bridgehead atoms. The Morgan fingerprint density at radius 2 is 1.80 bits per heavy atom. The van der Waals surface area contributed by atoms with E-state index >= 15 is 0 Å². The van der Waals surface area contributed by atoms with E-state index in [0.717, 1.165) is 11.3 Å². The molecule has 0 atom stereocenters. The Morgan fingerprint density at radius 3 is 2.35 bits per heavy atom. The van der Waals surface area contributed by atoms with Crippen molar-refractivity contribution in [1.29, 1.82) is 0 Å². The number of nitrogens with two attached hydrogens (primary N) is 1. The number of carbonyl (C=O) groups is 1. The van der Waals surface area contributed by atoms with Gasteiger partial charge in [-0.25, -0.2) is 5.84 Å². The van der Waals surface area contributed by atoms with Crippen molar-refractivity contribution < 1.29 is 9.53 Å². The van der Waals surface area contributed by atoms with E-state index in [1.165, 1.54) is 4.90 Å². The van der Waals surface area contributed by atoms with Crippen molar-refractivity contribution in [2.45, 2.75) is 11.5 Å². The van der Waals surface area contributed by atoms with Crippen LogP contribution in [0.25, 0.3) is 0 Å². The molecule has 0 radical (unpaired) electrons. The Hall–Kier alpha value is -1.98. The molecule has 0 unspecified atom stereocenters. The lowest BCUT2D eigenvalue weighted by molar-refractivity contribution is 0.0953. The van der Waals surface area contributed by atoms with Crippen LogP contribution in [0.2, 0.25) is 0 Å². The molecule has 0 heterocycles. The number of nitrogens with one attached hydrogen (secondary N) is 1. The van der Waals surface area contributed by atoms with Gasteiger partial charge in [0, 0.05) is 10.5 Å². The standard InChI is InChI=1S/C15H16N2O2S/c1-20-14-8-6-13(7-9-14)19-10-11-2-4-12(5-3-11)15(18)17-16/h2-9H,10,16H2,1H3,(H,17,18). The Kier molecular flexibility index (Phi) is 5.03. The van der Waals surface area contributed by atoms with Crippen LogP contribution in [-0.4, -0.2) is 12.2 Å². The highest BCUT2D eigenvalue weighted by Crippen LogP contribution is 2.19. The molecular weight excluding hydrogens is 272 g/mol. The molecule has 0 aliphatic heterocycles. The van der Waals surface area contributed by atoms with Gasteiger partial charge in [0.2, 0.25) is 0 Å². The summed E-state index contributed by atoms with van der Waals surface area (Å²) in [5.74, 6) is 5.60. The third kappa shape index (κ3) is 3.76. The molecule has 2 rings (SSSR count). The summed E-state index contributed by atoms with van der Waals surface area (Å²) in [7, 11) is 0. The number of hydrazine groups is 1. The zero-order valence-corrected chi connectivity index (χ0v) is 11.9. The molecule has 1 amide bonds. The van der Waals surface area contributed by atoms with Crippen molar-refractivity contribution >= 4 is 17.7 Å². The molecule has 0 spiro atoms. The maximum Gasteiger partial charge on any atom is 0.265 e. The third-order valence-electron chi connectivity index (χ3n) is 2.81. The molecule has 20 heavy (non-hydrogen) atoms. The average molecular weight is 288 g/mol. The average Bonchev–Trinajstić information content (AvgIpc) is 2.53. The van der Waals surface area contributed by atoms with Gasteiger partial charge in [0.25, 0.3) is 5.91 Å². The first-order valence-electron chi connectivity index (χ1n) is 6.09. The molecule has 104 valence electrons. The highest BCUT2D eigenvalue weighted by atomic mass is 32.2. The van der Waals surface area contributed by atoms with E-state index in [4.69, 9.17) is 10.6 Å². The number of carbonyl (C=O) groups excluding carboxylic acids is 1. The smallest absolute Gasteiger partial charge is 0.265 e. The highest BCUT2D eigenvalue weighted by molar-refractivity contribution is 7.98. The highest BCUT2D eigenvalue weighted by Gasteiger charge is 2.03. The Balaban J connectivity index is 1.94. The third-order valence-corrected chi connectivity index (χ3v) is 3.56. The van der Waals surface area contributed by atoms with Gasteiger partial charge in [0.05, 0.1) is 0 Å². The minimum atomic E-state index is -0.301. The molecule has 5 heteroatoms. The fourth-order valence-corrected chi connectivity index (χ4v) is 2.08. The SMILES string of the molecule is CSc1ccc(OCc2ccc(C(=O)NN)cc2)cc1. The van der Waals surface area contributed by atoms with Gasteiger partial charge in [0.1, 0.15) is 12.4 Å². The quantitative estimate of drug-likeness (QED) is 0.384. The van der Waals surface area contributed by atoms with E-state index in [1.54, 1.807) is 23.9 Å². The number of amides is 1. The summed E-state index contributed by atoms with van der Waals surface area (Å²) in [4.78, 5) is 12.5. The van der Waals surface area contributed by atoms with Crippen LogP contribution in [0.1, 0.15) is 15.9 Å². The van der Waals surface area contributed by atoms with Crippen LogP contribution in [0, 0.1) is 0 Å². The molecule has 2 aromatic carbocycles. The molecule has 4 nitrogen and oxygen atoms in total. The van der Waals surface area contributed by atoms with Gasteiger partial charge in [-0.1, -0.05) is 12.1 Å². The van der Waals surface area contributed by atoms with Crippen LogP contribution < -0.4 is 16.0 Å². The van der Waals surface area contributed by atoms with Gasteiger partial charge in [0.15, 0.2) is 0 Å². The normalized spacial score (nSPS) is 10.1. The molecule has 3 N–H and O–H groups in total. The fraction of sp³-hybridized carbons (Fsp3) is 0.133. The first kappa shape index (κ1) is 14.4. The molecule has 0 saturated carbocycles. The minimum absolute atomic E-state index is 0.301. The zero-order chi connectivity index (χ0) is 14.4. The molecule has 0 saturated heterocycles. The summed E-state index contributed by atoms with van der Waals surface area (Å²) >= 11 is 1.69. The monoisotopic (exact) mass is 288 g/mol. The van der Waals surface area contributed by atoms with Crippen LogP contribution >= 0.6 is 11.8 Å². The second-order valence-electron chi connectivity index (χ2n) is 4.13. The molecule has 0 fully saturated rings. The van der Waals surface area contributed by atoms with E-state index < -0.39 is 0 Å². The van der Waals surface area contributed by atoms with Gasteiger partial charge < -0.3 is 4.74 Å². The van der Waals surface area contributed by atoms with E-state index in [2.05, 4.69) is 5.43 Å². The Morgan fingerprint density at radius 1 is 1.15 bits per heavy atom. The molecule has 0 aliphatic rings. The van der Waals surface area contributed by atoms with Crippen LogP contribution in [0.15, 0.2) is 53.4 Å². The molecule has 2 aromatic rings. The zero-order valence-electron chi connectivity index (χ0n) is 11.1. The van der Waals surface area contributed by atoms with Gasteiger partial charge >= 0.3 is 0 Å². The van der Waals surface area contributed by atoms with Crippen LogP contribution in [0.5, 0.6) is 5.75 Å². The van der Waals surface area contributed by atoms with E-state index in [9.17, 15) is 4.79 Å². The van der Waals surface area contributed by atoms with Crippen molar-refractivity contribution in [3.05, 3.63) is 59.7 Å². The van der Waals surface area contributed by atoms with E-state index in [0.29, 0.717) is 12.2 Å². The van der Waals surface area contributed by atoms with Gasteiger partial charge in [-0.05, 0) is 48.2 Å². The van der Waals surface area contributed by atoms with E-state index in [1.807, 2.05) is 42.7 Å². The number of thioether (sulfide) groups is 1. The van der Waals surface area contributed by atoms with Crippen molar-refractivity contribution in [3.8, 4) is 5.75 Å². The van der Waals surface area contributed by atoms with Gasteiger partial charge in [-0.3, -0.25) is 10.2 Å². The van der Waals surface area contributed by atoms with Crippen molar-refractivity contribution in [2.75, 3.05) is 6.26 Å². The summed E-state index contributed by atoms with van der Waals surface area (Å²) in [6.45, 7) is 0.461. The lowest BCUT2D eigenvalue weighted by atomic mass is 10.1. The molecule has 0 aliphatic carbocycles. The maximum absolute atomic E-state index is 11.3. The summed E-state index contributed by atoms with van der Waals surface area (Å²) in [5, 5.41) is 0. The Labute approximate surface area is 122 Å². The van der Waals surface area contributed by atoms with Crippen molar-refractivity contribution in [1.82, 2.24) is 5.43 Å². The van der Waals surface area contributed by atoms with Crippen LogP contribution in [0.3, 0.4) is 0 Å². The maximum atomic E-state index is 11.3. The second-order valence-corrected chi connectivity index (χ2v) is 5.01. The van der Waals surface area contributed by atoms with Crippen LogP contribution in [0.4, 0.5) is 0 Å². The lowest BCUT2D eigenvalue weighted by Crippen LogP contribution is -2.29. The first-order chi connectivity index (χ1) is 9.72. The lowest BCUT2D eigenvalue weighted by Gasteiger charge is -2.07. The predicted octanol–water partition coefficient (Wildman–Crippen LogP) is 2.59. The van der Waals surface area contributed by atoms with Crippen molar-refractivity contribution in [2.24, 2.45) is 5.84 Å². The molecular formula is C15H16N2O2S.